The van der Waals surface area contributed by atoms with Gasteiger partial charge in [-0.2, -0.15) is 8.42 Å². The molecule has 0 heterocycles. The van der Waals surface area contributed by atoms with Crippen molar-refractivity contribution in [2.45, 2.75) is 4.90 Å². The van der Waals surface area contributed by atoms with Crippen molar-refractivity contribution in [3.63, 3.8) is 0 Å². The summed E-state index contributed by atoms with van der Waals surface area (Å²) in [6, 6.07) is 3.74. The summed E-state index contributed by atoms with van der Waals surface area (Å²) in [6.45, 7) is 0. The highest BCUT2D eigenvalue weighted by atomic mass is 35.5. The summed E-state index contributed by atoms with van der Waals surface area (Å²) in [6.07, 6.45) is 0. The molecule has 0 aromatic heterocycles. The van der Waals surface area contributed by atoms with Gasteiger partial charge in [-0.25, -0.2) is 0 Å². The molecule has 0 unspecified atom stereocenters. The molecule has 0 atom stereocenters. The number of halogens is 1. The van der Waals surface area contributed by atoms with E-state index in [2.05, 4.69) is 0 Å². The van der Waals surface area contributed by atoms with Gasteiger partial charge in [0.05, 0.1) is 5.02 Å². The average molecular weight is 209 g/mol. The topological polar surface area (TPSA) is 74.6 Å². The molecule has 1 rings (SSSR count). The molecule has 1 aromatic rings. The van der Waals surface area contributed by atoms with Crippen molar-refractivity contribution in [1.82, 2.24) is 0 Å². The minimum absolute atomic E-state index is 0.211. The lowest BCUT2D eigenvalue weighted by atomic mass is 10.3. The van der Waals surface area contributed by atoms with Gasteiger partial charge < -0.3 is 5.11 Å². The first-order valence-corrected chi connectivity index (χ1v) is 4.69. The van der Waals surface area contributed by atoms with Crippen LogP contribution in [0.25, 0.3) is 0 Å². The lowest BCUT2D eigenvalue weighted by molar-refractivity contribution is 0.443. The van der Waals surface area contributed by atoms with Gasteiger partial charge in [-0.1, -0.05) is 17.7 Å². The summed E-state index contributed by atoms with van der Waals surface area (Å²) < 4.78 is 29.7. The van der Waals surface area contributed by atoms with Crippen molar-refractivity contribution in [2.24, 2.45) is 0 Å². The van der Waals surface area contributed by atoms with Crippen LogP contribution in [0.5, 0.6) is 5.75 Å². The van der Waals surface area contributed by atoms with Gasteiger partial charge in [0.1, 0.15) is 5.75 Å². The minimum Gasteiger partial charge on any atom is -0.506 e. The van der Waals surface area contributed by atoms with E-state index in [0.29, 0.717) is 0 Å². The molecular formula is C6H5ClO4S. The Bertz CT molecular complexity index is 378. The van der Waals surface area contributed by atoms with Gasteiger partial charge in [0.2, 0.25) is 0 Å². The first kappa shape index (κ1) is 9.31. The Morgan fingerprint density at radius 1 is 1.33 bits per heavy atom. The SMILES string of the molecule is O=S(=O)(O)c1c(O)cccc1Cl. The molecule has 4 nitrogen and oxygen atoms in total. The largest absolute Gasteiger partial charge is 0.506 e. The van der Waals surface area contributed by atoms with Crippen LogP contribution in [-0.2, 0) is 10.1 Å². The zero-order valence-corrected chi connectivity index (χ0v) is 7.30. The lowest BCUT2D eigenvalue weighted by Crippen LogP contribution is -1.99. The standard InChI is InChI=1S/C6H5ClO4S/c7-4-2-1-3-5(8)6(4)12(9,10)11/h1-3,8H,(H,9,10,11). The summed E-state index contributed by atoms with van der Waals surface area (Å²) >= 11 is 5.41. The highest BCUT2D eigenvalue weighted by Gasteiger charge is 2.18. The van der Waals surface area contributed by atoms with E-state index in [-0.39, 0.29) is 5.02 Å². The summed E-state index contributed by atoms with van der Waals surface area (Å²) in [7, 11) is -4.45. The molecule has 1 aromatic carbocycles. The molecule has 2 N–H and O–H groups in total. The second-order valence-electron chi connectivity index (χ2n) is 2.06. The van der Waals surface area contributed by atoms with Crippen molar-refractivity contribution in [1.29, 1.82) is 0 Å². The van der Waals surface area contributed by atoms with Gasteiger partial charge in [0.25, 0.3) is 10.1 Å². The molecule has 0 spiro atoms. The molecule has 0 saturated heterocycles. The van der Waals surface area contributed by atoms with Gasteiger partial charge in [-0.3, -0.25) is 4.55 Å². The lowest BCUT2D eigenvalue weighted by Gasteiger charge is -2.01. The van der Waals surface area contributed by atoms with Crippen molar-refractivity contribution in [3.8, 4) is 5.75 Å². The van der Waals surface area contributed by atoms with Crippen molar-refractivity contribution >= 4 is 21.7 Å². The normalized spacial score (nSPS) is 11.5. The van der Waals surface area contributed by atoms with Crippen LogP contribution in [0.3, 0.4) is 0 Å². The van der Waals surface area contributed by atoms with Crippen LogP contribution in [0.4, 0.5) is 0 Å². The number of phenolic OH excluding ortho intramolecular Hbond substituents is 1. The molecule has 0 radical (unpaired) electrons. The van der Waals surface area contributed by atoms with Crippen molar-refractivity contribution in [2.75, 3.05) is 0 Å². The van der Waals surface area contributed by atoms with E-state index in [1.54, 1.807) is 0 Å². The molecular weight excluding hydrogens is 204 g/mol. The van der Waals surface area contributed by atoms with Gasteiger partial charge >= 0.3 is 0 Å². The Kier molecular flexibility index (Phi) is 2.27. The van der Waals surface area contributed by atoms with Gasteiger partial charge in [0.15, 0.2) is 4.90 Å². The van der Waals surface area contributed by atoms with Crippen LogP contribution in [-0.4, -0.2) is 18.1 Å². The minimum atomic E-state index is -4.45. The van der Waals surface area contributed by atoms with Crippen molar-refractivity contribution in [3.05, 3.63) is 23.2 Å². The van der Waals surface area contributed by atoms with Gasteiger partial charge in [-0.05, 0) is 12.1 Å². The number of hydrogen-bond donors (Lipinski definition) is 2. The van der Waals surface area contributed by atoms with E-state index in [1.807, 2.05) is 0 Å². The van der Waals surface area contributed by atoms with E-state index in [9.17, 15) is 8.42 Å². The maximum absolute atomic E-state index is 10.6. The fourth-order valence-electron chi connectivity index (χ4n) is 0.753. The second kappa shape index (κ2) is 2.93. The van der Waals surface area contributed by atoms with E-state index in [0.717, 1.165) is 6.07 Å². The zero-order valence-electron chi connectivity index (χ0n) is 5.73. The van der Waals surface area contributed by atoms with Crippen LogP contribution in [0.1, 0.15) is 0 Å². The molecule has 6 heteroatoms. The van der Waals surface area contributed by atoms with E-state index in [4.69, 9.17) is 21.3 Å². The zero-order chi connectivity index (χ0) is 9.35. The highest BCUT2D eigenvalue weighted by Crippen LogP contribution is 2.29. The Balaban J connectivity index is 3.53. The van der Waals surface area contributed by atoms with Gasteiger partial charge in [0, 0.05) is 0 Å². The van der Waals surface area contributed by atoms with E-state index >= 15 is 0 Å². The molecule has 0 aliphatic carbocycles. The third kappa shape index (κ3) is 1.69. The third-order valence-electron chi connectivity index (χ3n) is 1.20. The fraction of sp³-hybridized carbons (Fsp3) is 0. The summed E-state index contributed by atoms with van der Waals surface area (Å²) in [5, 5.41) is 8.79. The molecule has 0 bridgehead atoms. The summed E-state index contributed by atoms with van der Waals surface area (Å²) in [5.41, 5.74) is 0. The van der Waals surface area contributed by atoms with Crippen molar-refractivity contribution < 1.29 is 18.1 Å². The van der Waals surface area contributed by atoms with Crippen LogP contribution in [0.2, 0.25) is 5.02 Å². The second-order valence-corrected chi connectivity index (χ2v) is 3.83. The first-order chi connectivity index (χ1) is 5.43. The molecule has 12 heavy (non-hydrogen) atoms. The van der Waals surface area contributed by atoms with Crippen LogP contribution < -0.4 is 0 Å². The molecule has 0 amide bonds. The first-order valence-electron chi connectivity index (χ1n) is 2.88. The van der Waals surface area contributed by atoms with Crippen LogP contribution >= 0.6 is 11.6 Å². The molecule has 66 valence electrons. The Hall–Kier alpha value is -0.780. The molecule has 0 aliphatic rings. The maximum Gasteiger partial charge on any atom is 0.299 e. The number of aromatic hydroxyl groups is 1. The Morgan fingerprint density at radius 2 is 1.92 bits per heavy atom. The van der Waals surface area contributed by atoms with Crippen LogP contribution in [0.15, 0.2) is 23.1 Å². The van der Waals surface area contributed by atoms with Crippen LogP contribution in [0, 0.1) is 0 Å². The number of hydrogen-bond acceptors (Lipinski definition) is 3. The summed E-state index contributed by atoms with van der Waals surface area (Å²) in [4.78, 5) is -0.660. The average Bonchev–Trinajstić information content (AvgIpc) is 1.82. The number of benzene rings is 1. The predicted molar refractivity (Wildman–Crippen MR) is 42.9 cm³/mol. The molecule has 0 fully saturated rings. The smallest absolute Gasteiger partial charge is 0.299 e. The third-order valence-corrected chi connectivity index (χ3v) is 2.58. The van der Waals surface area contributed by atoms with Gasteiger partial charge in [-0.15, -0.1) is 0 Å². The molecule has 0 aliphatic heterocycles. The van der Waals surface area contributed by atoms with E-state index < -0.39 is 20.8 Å². The Morgan fingerprint density at radius 3 is 2.25 bits per heavy atom. The number of phenols is 1. The van der Waals surface area contributed by atoms with E-state index in [1.165, 1.54) is 12.1 Å². The number of rotatable bonds is 1. The highest BCUT2D eigenvalue weighted by molar-refractivity contribution is 7.86. The Labute approximate surface area is 74.2 Å². The monoisotopic (exact) mass is 208 g/mol. The fourth-order valence-corrected chi connectivity index (χ4v) is 1.86. The summed E-state index contributed by atoms with van der Waals surface area (Å²) in [5.74, 6) is -0.565. The predicted octanol–water partition coefficient (Wildman–Crippen LogP) is 1.29. The molecule has 0 saturated carbocycles. The maximum atomic E-state index is 10.6. The quantitative estimate of drug-likeness (QED) is 0.682.